The summed E-state index contributed by atoms with van der Waals surface area (Å²) in [4.78, 5) is 0. The van der Waals surface area contributed by atoms with Crippen molar-refractivity contribution in [3.05, 3.63) is 34.4 Å². The normalized spacial score (nSPS) is 11.8. The molecule has 4 nitrogen and oxygen atoms in total. The largest absolute Gasteiger partial charge is 0.421 e. The SMILES string of the molecule is CC(C)(C)NCCc1nnc(-c2ccc(Br)c(F)c2)o1. The van der Waals surface area contributed by atoms with Crippen molar-refractivity contribution in [1.29, 1.82) is 0 Å². The molecule has 1 heterocycles. The maximum absolute atomic E-state index is 13.5. The topological polar surface area (TPSA) is 51.0 Å². The predicted octanol–water partition coefficient (Wildman–Crippen LogP) is 3.57. The van der Waals surface area contributed by atoms with Gasteiger partial charge in [0.25, 0.3) is 0 Å². The second-order valence-electron chi connectivity index (χ2n) is 5.56. The van der Waals surface area contributed by atoms with Crippen LogP contribution in [-0.4, -0.2) is 22.3 Å². The van der Waals surface area contributed by atoms with Gasteiger partial charge in [0.15, 0.2) is 0 Å². The summed E-state index contributed by atoms with van der Waals surface area (Å²) in [7, 11) is 0. The minimum absolute atomic E-state index is 0.0533. The zero-order valence-corrected chi connectivity index (χ0v) is 13.3. The van der Waals surface area contributed by atoms with Gasteiger partial charge < -0.3 is 9.73 Å². The fraction of sp³-hybridized carbons (Fsp3) is 0.429. The lowest BCUT2D eigenvalue weighted by Gasteiger charge is -2.19. The second kappa shape index (κ2) is 6.01. The number of nitrogens with zero attached hydrogens (tertiary/aromatic N) is 2. The van der Waals surface area contributed by atoms with Crippen molar-refractivity contribution >= 4 is 15.9 Å². The van der Waals surface area contributed by atoms with Gasteiger partial charge >= 0.3 is 0 Å². The third-order valence-electron chi connectivity index (χ3n) is 2.63. The van der Waals surface area contributed by atoms with Crippen LogP contribution in [0.15, 0.2) is 27.1 Å². The zero-order valence-electron chi connectivity index (χ0n) is 11.7. The van der Waals surface area contributed by atoms with Gasteiger partial charge in [-0.25, -0.2) is 4.39 Å². The Kier molecular flexibility index (Phi) is 4.55. The summed E-state index contributed by atoms with van der Waals surface area (Å²) in [5, 5.41) is 11.3. The van der Waals surface area contributed by atoms with E-state index in [9.17, 15) is 4.39 Å². The Balaban J connectivity index is 2.03. The van der Waals surface area contributed by atoms with Crippen molar-refractivity contribution in [1.82, 2.24) is 15.5 Å². The van der Waals surface area contributed by atoms with E-state index in [4.69, 9.17) is 4.42 Å². The van der Waals surface area contributed by atoms with Crippen LogP contribution >= 0.6 is 15.9 Å². The molecule has 2 rings (SSSR count). The molecule has 0 atom stereocenters. The standard InChI is InChI=1S/C14H17BrFN3O/c1-14(2,3)17-7-6-12-18-19-13(20-12)9-4-5-10(15)11(16)8-9/h4-5,8,17H,6-7H2,1-3H3. The van der Waals surface area contributed by atoms with E-state index in [1.807, 2.05) is 0 Å². The molecule has 0 aliphatic carbocycles. The third kappa shape index (κ3) is 4.11. The lowest BCUT2D eigenvalue weighted by atomic mass is 10.1. The first-order valence-corrected chi connectivity index (χ1v) is 7.17. The number of rotatable bonds is 4. The zero-order chi connectivity index (χ0) is 14.8. The highest BCUT2D eigenvalue weighted by Crippen LogP contribution is 2.23. The first kappa shape index (κ1) is 15.1. The van der Waals surface area contributed by atoms with Crippen molar-refractivity contribution in [2.24, 2.45) is 0 Å². The quantitative estimate of drug-likeness (QED) is 0.923. The molecule has 1 N–H and O–H groups in total. The second-order valence-corrected chi connectivity index (χ2v) is 6.41. The van der Waals surface area contributed by atoms with Crippen molar-refractivity contribution in [2.75, 3.05) is 6.54 Å². The average molecular weight is 342 g/mol. The van der Waals surface area contributed by atoms with Gasteiger partial charge in [-0.1, -0.05) is 0 Å². The summed E-state index contributed by atoms with van der Waals surface area (Å²) in [5.74, 6) is 0.527. The predicted molar refractivity (Wildman–Crippen MR) is 78.9 cm³/mol. The molecule has 0 amide bonds. The average Bonchev–Trinajstić information content (AvgIpc) is 2.80. The third-order valence-corrected chi connectivity index (χ3v) is 3.27. The van der Waals surface area contributed by atoms with Crippen LogP contribution in [0.1, 0.15) is 26.7 Å². The number of nitrogens with one attached hydrogen (secondary N) is 1. The molecular formula is C14H17BrFN3O. The van der Waals surface area contributed by atoms with Gasteiger partial charge in [0.1, 0.15) is 5.82 Å². The van der Waals surface area contributed by atoms with Gasteiger partial charge in [-0.2, -0.15) is 0 Å². The maximum Gasteiger partial charge on any atom is 0.247 e. The molecule has 1 aromatic carbocycles. The van der Waals surface area contributed by atoms with Crippen LogP contribution in [0, 0.1) is 5.82 Å². The van der Waals surface area contributed by atoms with Crippen molar-refractivity contribution in [2.45, 2.75) is 32.7 Å². The number of aromatic nitrogens is 2. The van der Waals surface area contributed by atoms with E-state index in [0.29, 0.717) is 28.2 Å². The Bertz CT molecular complexity index is 592. The molecular weight excluding hydrogens is 325 g/mol. The molecule has 0 aliphatic rings. The van der Waals surface area contributed by atoms with Crippen LogP contribution < -0.4 is 5.32 Å². The molecule has 1 aromatic heterocycles. The minimum atomic E-state index is -0.350. The Morgan fingerprint density at radius 1 is 1.30 bits per heavy atom. The number of benzene rings is 1. The van der Waals surface area contributed by atoms with Crippen LogP contribution in [-0.2, 0) is 6.42 Å². The van der Waals surface area contributed by atoms with E-state index in [2.05, 4.69) is 52.2 Å². The van der Waals surface area contributed by atoms with Gasteiger partial charge in [0.05, 0.1) is 4.47 Å². The Hall–Kier alpha value is -1.27. The summed E-state index contributed by atoms with van der Waals surface area (Å²) in [6.07, 6.45) is 0.642. The summed E-state index contributed by atoms with van der Waals surface area (Å²) in [6.45, 7) is 7.03. The Morgan fingerprint density at radius 3 is 2.70 bits per heavy atom. The Morgan fingerprint density at radius 2 is 2.05 bits per heavy atom. The summed E-state index contributed by atoms with van der Waals surface area (Å²) < 4.78 is 19.4. The number of hydrogen-bond acceptors (Lipinski definition) is 4. The fourth-order valence-corrected chi connectivity index (χ4v) is 1.89. The van der Waals surface area contributed by atoms with E-state index in [0.717, 1.165) is 6.54 Å². The van der Waals surface area contributed by atoms with Gasteiger partial charge in [-0.3, -0.25) is 0 Å². The number of halogens is 2. The molecule has 0 aliphatic heterocycles. The molecule has 20 heavy (non-hydrogen) atoms. The highest BCUT2D eigenvalue weighted by Gasteiger charge is 2.12. The molecule has 108 valence electrons. The van der Waals surface area contributed by atoms with Gasteiger partial charge in [0, 0.05) is 24.1 Å². The molecule has 0 spiro atoms. The summed E-state index contributed by atoms with van der Waals surface area (Å²) in [6, 6.07) is 4.72. The maximum atomic E-state index is 13.5. The molecule has 0 bridgehead atoms. The van der Waals surface area contributed by atoms with Gasteiger partial charge in [-0.15, -0.1) is 10.2 Å². The highest BCUT2D eigenvalue weighted by atomic mass is 79.9. The van der Waals surface area contributed by atoms with E-state index in [-0.39, 0.29) is 11.4 Å². The van der Waals surface area contributed by atoms with Crippen LogP contribution in [0.3, 0.4) is 0 Å². The molecule has 0 saturated heterocycles. The van der Waals surface area contributed by atoms with Crippen LogP contribution in [0.25, 0.3) is 11.5 Å². The monoisotopic (exact) mass is 341 g/mol. The van der Waals surface area contributed by atoms with Crippen molar-refractivity contribution in [3.63, 3.8) is 0 Å². The molecule has 0 unspecified atom stereocenters. The molecule has 0 radical (unpaired) electrons. The summed E-state index contributed by atoms with van der Waals surface area (Å²) in [5.41, 5.74) is 0.630. The summed E-state index contributed by atoms with van der Waals surface area (Å²) >= 11 is 3.11. The lowest BCUT2D eigenvalue weighted by Crippen LogP contribution is -2.37. The lowest BCUT2D eigenvalue weighted by molar-refractivity contribution is 0.411. The molecule has 0 saturated carbocycles. The molecule has 0 fully saturated rings. The highest BCUT2D eigenvalue weighted by molar-refractivity contribution is 9.10. The first-order chi connectivity index (χ1) is 9.35. The van der Waals surface area contributed by atoms with E-state index in [1.54, 1.807) is 12.1 Å². The van der Waals surface area contributed by atoms with Crippen molar-refractivity contribution < 1.29 is 8.81 Å². The van der Waals surface area contributed by atoms with Crippen LogP contribution in [0.2, 0.25) is 0 Å². The smallest absolute Gasteiger partial charge is 0.247 e. The van der Waals surface area contributed by atoms with Crippen LogP contribution in [0.5, 0.6) is 0 Å². The number of hydrogen-bond donors (Lipinski definition) is 1. The minimum Gasteiger partial charge on any atom is -0.421 e. The molecule has 2 aromatic rings. The van der Waals surface area contributed by atoms with Gasteiger partial charge in [0.2, 0.25) is 11.8 Å². The van der Waals surface area contributed by atoms with E-state index >= 15 is 0 Å². The van der Waals surface area contributed by atoms with Gasteiger partial charge in [-0.05, 0) is 54.9 Å². The fourth-order valence-electron chi connectivity index (χ4n) is 1.64. The first-order valence-electron chi connectivity index (χ1n) is 6.38. The molecule has 6 heteroatoms. The Labute approximate surface area is 125 Å². The van der Waals surface area contributed by atoms with Crippen molar-refractivity contribution in [3.8, 4) is 11.5 Å². The van der Waals surface area contributed by atoms with E-state index in [1.165, 1.54) is 6.07 Å². The van der Waals surface area contributed by atoms with Crippen LogP contribution in [0.4, 0.5) is 4.39 Å². The van der Waals surface area contributed by atoms with E-state index < -0.39 is 0 Å².